The maximum atomic E-state index is 15.4. The average molecular weight is 939 g/mol. The largest absolute Gasteiger partial charge is 0.264 e. The molecule has 0 fully saturated rings. The Morgan fingerprint density at radius 1 is 0.354 bits per heavy atom. The third-order valence-corrected chi connectivity index (χ3v) is 10.4. The van der Waals surface area contributed by atoms with Gasteiger partial charge in [-0.1, -0.05) is 42.5 Å². The second kappa shape index (κ2) is 16.8. The number of halogens is 20. The molecule has 336 valence electrons. The zero-order chi connectivity index (χ0) is 47.7. The topological polar surface area (TPSA) is 13.1 Å². The van der Waals surface area contributed by atoms with Crippen LogP contribution in [0.15, 0.2) is 72.9 Å². The third kappa shape index (κ3) is 6.89. The SMILES string of the molecule is C1=CC(O[n+]2cccc3ccccc32)c2ccccc21.Fc1c(F)c(F)c([B-](c2c(F)c(F)c(F)c(F)c2F)(c2c(F)c(F)c(F)c(F)c2F)c2c(F)c(F)c(F)c(F)c2F)c(F)c1F. The van der Waals surface area contributed by atoms with Crippen molar-refractivity contribution in [2.45, 2.75) is 6.10 Å². The molecule has 65 heavy (non-hydrogen) atoms. The summed E-state index contributed by atoms with van der Waals surface area (Å²) < 4.78 is 296. The van der Waals surface area contributed by atoms with Crippen LogP contribution in [0.4, 0.5) is 87.8 Å². The lowest BCUT2D eigenvalue weighted by Crippen LogP contribution is -2.81. The van der Waals surface area contributed by atoms with E-state index in [0.717, 1.165) is 5.52 Å². The van der Waals surface area contributed by atoms with Crippen LogP contribution < -0.4 is 31.4 Å². The monoisotopic (exact) mass is 939 g/mol. The Labute approximate surface area is 348 Å². The summed E-state index contributed by atoms with van der Waals surface area (Å²) in [5, 5.41) is 1.17. The lowest BCUT2D eigenvalue weighted by molar-refractivity contribution is -0.879. The van der Waals surface area contributed by atoms with E-state index < -0.39 is 144 Å². The smallest absolute Gasteiger partial charge is 0.258 e. The molecule has 0 bridgehead atoms. The van der Waals surface area contributed by atoms with Gasteiger partial charge in [0.15, 0.2) is 69.8 Å². The fraction of sp³-hybridized carbons (Fsp3) is 0.0238. The van der Waals surface area contributed by atoms with Crippen LogP contribution in [0.2, 0.25) is 0 Å². The molecule has 1 heterocycles. The van der Waals surface area contributed by atoms with Gasteiger partial charge in [-0.3, -0.25) is 4.84 Å². The Hall–Kier alpha value is -7.07. The number of nitrogens with zero attached hydrogens (tertiary/aromatic N) is 1. The fourth-order valence-electron chi connectivity index (χ4n) is 7.53. The van der Waals surface area contributed by atoms with E-state index in [1.807, 2.05) is 29.1 Å². The van der Waals surface area contributed by atoms with E-state index in [1.54, 1.807) is 0 Å². The highest BCUT2D eigenvalue weighted by Gasteiger charge is 2.52. The number of fused-ring (bicyclic) bond motifs is 2. The van der Waals surface area contributed by atoms with Crippen molar-refractivity contribution in [1.29, 1.82) is 0 Å². The summed E-state index contributed by atoms with van der Waals surface area (Å²) in [6.07, 6.45) is -1.07. The minimum Gasteiger partial charge on any atom is -0.258 e. The Morgan fingerprint density at radius 2 is 0.662 bits per heavy atom. The third-order valence-electron chi connectivity index (χ3n) is 10.4. The van der Waals surface area contributed by atoms with Crippen LogP contribution in [-0.2, 0) is 0 Å². The van der Waals surface area contributed by atoms with Crippen LogP contribution in [-0.4, -0.2) is 6.15 Å². The normalized spacial score (nSPS) is 13.3. The average Bonchev–Trinajstić information content (AvgIpc) is 3.71. The van der Waals surface area contributed by atoms with E-state index in [-0.39, 0.29) is 6.10 Å². The Morgan fingerprint density at radius 3 is 1.05 bits per heavy atom. The maximum Gasteiger partial charge on any atom is 0.264 e. The Kier molecular flexibility index (Phi) is 11.9. The van der Waals surface area contributed by atoms with Gasteiger partial charge in [0, 0.05) is 22.4 Å². The molecule has 2 nitrogen and oxygen atoms in total. The van der Waals surface area contributed by atoms with Gasteiger partial charge < -0.3 is 0 Å². The second-order valence-corrected chi connectivity index (χ2v) is 13.7. The highest BCUT2D eigenvalue weighted by atomic mass is 19.2. The van der Waals surface area contributed by atoms with Gasteiger partial charge in [0.05, 0.1) is 5.39 Å². The van der Waals surface area contributed by atoms with Crippen molar-refractivity contribution in [2.24, 2.45) is 0 Å². The van der Waals surface area contributed by atoms with Crippen LogP contribution >= 0.6 is 0 Å². The molecule has 8 rings (SSSR count). The van der Waals surface area contributed by atoms with E-state index in [2.05, 4.69) is 54.6 Å². The molecule has 0 amide bonds. The number of hydrogen-bond donors (Lipinski definition) is 0. The fourth-order valence-corrected chi connectivity index (χ4v) is 7.53. The predicted molar refractivity (Wildman–Crippen MR) is 188 cm³/mol. The molecule has 0 N–H and O–H groups in total. The summed E-state index contributed by atoms with van der Waals surface area (Å²) >= 11 is 0. The molecular weight excluding hydrogens is 925 g/mol. The molecule has 7 aromatic rings. The molecular formula is C42H14BF20NO. The second-order valence-electron chi connectivity index (χ2n) is 13.7. The Balaban J connectivity index is 0.000000258. The summed E-state index contributed by atoms with van der Waals surface area (Å²) in [5.74, 6) is -71.4. The van der Waals surface area contributed by atoms with Crippen molar-refractivity contribution in [2.75, 3.05) is 0 Å². The number of rotatable bonds is 6. The van der Waals surface area contributed by atoms with Gasteiger partial charge >= 0.3 is 0 Å². The molecule has 1 unspecified atom stereocenters. The molecule has 0 saturated carbocycles. The molecule has 0 saturated heterocycles. The first-order valence-electron chi connectivity index (χ1n) is 17.7. The molecule has 1 aliphatic rings. The van der Waals surface area contributed by atoms with Gasteiger partial charge in [-0.15, -0.1) is 21.9 Å². The summed E-state index contributed by atoms with van der Waals surface area (Å²) in [7, 11) is 0. The number of para-hydroxylation sites is 1. The van der Waals surface area contributed by atoms with Crippen molar-refractivity contribution in [1.82, 2.24) is 0 Å². The lowest BCUT2D eigenvalue weighted by Gasteiger charge is -2.44. The molecule has 1 atom stereocenters. The molecule has 1 aliphatic carbocycles. The van der Waals surface area contributed by atoms with Crippen LogP contribution in [0.5, 0.6) is 0 Å². The van der Waals surface area contributed by atoms with E-state index in [1.165, 1.54) is 16.5 Å². The summed E-state index contributed by atoms with van der Waals surface area (Å²) in [4.78, 5) is 6.14. The molecule has 0 aliphatic heterocycles. The van der Waals surface area contributed by atoms with Gasteiger partial charge in [-0.25, -0.2) is 87.8 Å². The maximum absolute atomic E-state index is 15.4. The number of aromatic nitrogens is 1. The molecule has 6 aromatic carbocycles. The zero-order valence-corrected chi connectivity index (χ0v) is 31.1. The number of pyridine rings is 1. The van der Waals surface area contributed by atoms with Crippen molar-refractivity contribution in [3.8, 4) is 0 Å². The first-order valence-corrected chi connectivity index (χ1v) is 17.7. The zero-order valence-electron chi connectivity index (χ0n) is 31.1. The quantitative estimate of drug-likeness (QED) is 0.0534. The van der Waals surface area contributed by atoms with Crippen LogP contribution in [0.3, 0.4) is 0 Å². The molecule has 0 spiro atoms. The van der Waals surface area contributed by atoms with Gasteiger partial charge in [-0.05, 0) is 23.8 Å². The van der Waals surface area contributed by atoms with E-state index in [4.69, 9.17) is 4.84 Å². The minimum absolute atomic E-state index is 0.0259. The lowest BCUT2D eigenvalue weighted by atomic mass is 9.12. The van der Waals surface area contributed by atoms with Crippen LogP contribution in [0.1, 0.15) is 17.2 Å². The highest BCUT2D eigenvalue weighted by molar-refractivity contribution is 7.20. The van der Waals surface area contributed by atoms with Crippen LogP contribution in [0.25, 0.3) is 17.0 Å². The minimum atomic E-state index is -7.22. The number of hydrogen-bond acceptors (Lipinski definition) is 1. The number of benzene rings is 6. The van der Waals surface area contributed by atoms with Gasteiger partial charge in [0.25, 0.3) is 5.52 Å². The molecule has 0 radical (unpaired) electrons. The first-order chi connectivity index (χ1) is 30.6. The first kappa shape index (κ1) is 45.9. The highest BCUT2D eigenvalue weighted by Crippen LogP contribution is 2.32. The van der Waals surface area contributed by atoms with Crippen molar-refractivity contribution in [3.63, 3.8) is 0 Å². The van der Waals surface area contributed by atoms with Gasteiger partial charge in [0.1, 0.15) is 52.7 Å². The van der Waals surface area contributed by atoms with Crippen molar-refractivity contribution >= 4 is 45.0 Å². The van der Waals surface area contributed by atoms with E-state index in [9.17, 15) is 52.7 Å². The van der Waals surface area contributed by atoms with Crippen molar-refractivity contribution in [3.05, 3.63) is 200 Å². The van der Waals surface area contributed by atoms with Crippen molar-refractivity contribution < 1.29 is 97.4 Å². The predicted octanol–water partition coefficient (Wildman–Crippen LogP) is 9.17. The van der Waals surface area contributed by atoms with Gasteiger partial charge in [-0.2, -0.15) is 0 Å². The summed E-state index contributed by atoms with van der Waals surface area (Å²) in [5.41, 5.74) is -10.8. The molecule has 1 aromatic heterocycles. The summed E-state index contributed by atoms with van der Waals surface area (Å²) in [6, 6.07) is 20.7. The Bertz CT molecular complexity index is 2770. The van der Waals surface area contributed by atoms with E-state index >= 15 is 35.1 Å². The van der Waals surface area contributed by atoms with E-state index in [0.29, 0.717) is 0 Å². The summed E-state index contributed by atoms with van der Waals surface area (Å²) in [6.45, 7) is 0. The standard InChI is InChI=1S/C24BF20.C18H14NO/c26-5-1(6(27)14(35)21(42)13(5)34)25(2-7(28)15(36)22(43)16(37)8(2)29,3-9(30)17(38)23(44)18(39)10(3)31)4-11(32)19(40)24(45)20(41)12(4)33;1-3-9-16-14(6-1)11-12-18(16)20-19-13-5-8-15-7-2-4-10-17(15)19/h;1-13,18H/q-1;+1. The molecule has 23 heteroatoms. The van der Waals surface area contributed by atoms with Crippen LogP contribution in [0, 0.1) is 116 Å². The van der Waals surface area contributed by atoms with Gasteiger partial charge in [0.2, 0.25) is 12.3 Å².